The lowest BCUT2D eigenvalue weighted by Gasteiger charge is -2.43. The number of carbonyl (C=O) groups excluding carboxylic acids is 1. The van der Waals surface area contributed by atoms with E-state index in [-0.39, 0.29) is 16.8 Å². The van der Waals surface area contributed by atoms with Crippen molar-refractivity contribution in [2.75, 3.05) is 32.7 Å². The minimum atomic E-state index is -3.61. The summed E-state index contributed by atoms with van der Waals surface area (Å²) >= 11 is 0. The van der Waals surface area contributed by atoms with Crippen LogP contribution in [0.15, 0.2) is 53.6 Å². The molecule has 1 aromatic carbocycles. The largest absolute Gasteiger partial charge is 0.353 e. The van der Waals surface area contributed by atoms with Gasteiger partial charge in [-0.05, 0) is 24.3 Å². The fourth-order valence-electron chi connectivity index (χ4n) is 3.67. The maximum atomic E-state index is 12.9. The molecule has 0 bridgehead atoms. The Bertz CT molecular complexity index is 894. The Kier molecular flexibility index (Phi) is 4.56. The van der Waals surface area contributed by atoms with Crippen molar-refractivity contribution in [2.45, 2.75) is 17.5 Å². The third kappa shape index (κ3) is 3.15. The molecule has 2 aliphatic heterocycles. The van der Waals surface area contributed by atoms with E-state index in [0.717, 1.165) is 19.6 Å². The maximum absolute atomic E-state index is 12.9. The Balaban J connectivity index is 1.54. The predicted octanol–water partition coefficient (Wildman–Crippen LogP) is 0.341. The first kappa shape index (κ1) is 17.3. The maximum Gasteiger partial charge on any atom is 0.267 e. The van der Waals surface area contributed by atoms with Crippen LogP contribution in [0.5, 0.6) is 0 Å². The molecular weight excluding hydrogens is 352 g/mol. The number of aromatic nitrogens is 1. The van der Waals surface area contributed by atoms with Gasteiger partial charge in [-0.15, -0.1) is 0 Å². The van der Waals surface area contributed by atoms with Crippen LogP contribution in [0.2, 0.25) is 0 Å². The van der Waals surface area contributed by atoms with Gasteiger partial charge >= 0.3 is 0 Å². The Morgan fingerprint density at radius 2 is 1.85 bits per heavy atom. The number of carbonyl (C=O) groups is 1. The van der Waals surface area contributed by atoms with Gasteiger partial charge in [0.15, 0.2) is 0 Å². The first-order valence-electron chi connectivity index (χ1n) is 8.77. The van der Waals surface area contributed by atoms with Crippen LogP contribution in [-0.4, -0.2) is 66.9 Å². The number of nitrogens with zero attached hydrogens (tertiary/aromatic N) is 3. The molecule has 0 saturated carbocycles. The van der Waals surface area contributed by atoms with Gasteiger partial charge in [0.05, 0.1) is 4.90 Å². The number of amides is 1. The van der Waals surface area contributed by atoms with Crippen molar-refractivity contribution in [2.24, 2.45) is 0 Å². The topological polar surface area (TPSA) is 74.7 Å². The smallest absolute Gasteiger partial charge is 0.267 e. The number of fused-ring (bicyclic) bond motifs is 1. The number of hydrogen-bond donors (Lipinski definition) is 1. The van der Waals surface area contributed by atoms with Gasteiger partial charge in [0.2, 0.25) is 5.91 Å². The summed E-state index contributed by atoms with van der Waals surface area (Å²) in [6.45, 7) is 4.33. The number of rotatable bonds is 4. The van der Waals surface area contributed by atoms with Crippen LogP contribution in [0.4, 0.5) is 0 Å². The number of hydrogen-bond acceptors (Lipinski definition) is 5. The molecule has 2 saturated heterocycles. The van der Waals surface area contributed by atoms with E-state index in [9.17, 15) is 13.2 Å². The van der Waals surface area contributed by atoms with Gasteiger partial charge in [0, 0.05) is 51.2 Å². The molecule has 2 aliphatic rings. The Labute approximate surface area is 153 Å². The summed E-state index contributed by atoms with van der Waals surface area (Å²) in [5.41, 5.74) is 0.707. The second-order valence-electron chi connectivity index (χ2n) is 6.69. The van der Waals surface area contributed by atoms with Crippen molar-refractivity contribution < 1.29 is 13.2 Å². The standard InChI is InChI=1S/C18H22N4O3S/c23-18-17-14-20(11-12-21(17)10-8-19-18)13-15-5-4-9-22(15)26(24,25)16-6-2-1-3-7-16/h1-7,9,17H,8,10-14H2,(H,19,23)/t17-/m0/s1. The summed E-state index contributed by atoms with van der Waals surface area (Å²) in [4.78, 5) is 16.7. The van der Waals surface area contributed by atoms with E-state index < -0.39 is 10.0 Å². The molecule has 0 spiro atoms. The van der Waals surface area contributed by atoms with E-state index in [2.05, 4.69) is 15.1 Å². The fourth-order valence-corrected chi connectivity index (χ4v) is 5.06. The molecule has 2 fully saturated rings. The van der Waals surface area contributed by atoms with Crippen LogP contribution < -0.4 is 5.32 Å². The first-order valence-corrected chi connectivity index (χ1v) is 10.2. The molecule has 1 atom stereocenters. The highest BCUT2D eigenvalue weighted by Crippen LogP contribution is 2.20. The van der Waals surface area contributed by atoms with Gasteiger partial charge in [-0.25, -0.2) is 12.4 Å². The van der Waals surface area contributed by atoms with Crippen LogP contribution in [-0.2, 0) is 21.4 Å². The molecule has 0 radical (unpaired) electrons. The lowest BCUT2D eigenvalue weighted by atomic mass is 10.1. The first-order chi connectivity index (χ1) is 12.6. The molecule has 0 unspecified atom stereocenters. The highest BCUT2D eigenvalue weighted by molar-refractivity contribution is 7.90. The molecule has 1 amide bonds. The second-order valence-corrected chi connectivity index (χ2v) is 8.51. The van der Waals surface area contributed by atoms with E-state index in [1.807, 2.05) is 6.07 Å². The summed E-state index contributed by atoms with van der Waals surface area (Å²) in [5.74, 6) is 0.0632. The molecule has 0 aliphatic carbocycles. The summed E-state index contributed by atoms with van der Waals surface area (Å²) in [6, 6.07) is 11.9. The highest BCUT2D eigenvalue weighted by Gasteiger charge is 2.35. The minimum Gasteiger partial charge on any atom is -0.353 e. The monoisotopic (exact) mass is 374 g/mol. The average molecular weight is 374 g/mol. The summed E-state index contributed by atoms with van der Waals surface area (Å²) in [5, 5.41) is 2.91. The molecule has 7 nitrogen and oxygen atoms in total. The highest BCUT2D eigenvalue weighted by atomic mass is 32.2. The van der Waals surface area contributed by atoms with Crippen molar-refractivity contribution >= 4 is 15.9 Å². The van der Waals surface area contributed by atoms with Gasteiger partial charge in [0.1, 0.15) is 6.04 Å². The van der Waals surface area contributed by atoms with Gasteiger partial charge < -0.3 is 5.32 Å². The Morgan fingerprint density at radius 3 is 2.65 bits per heavy atom. The summed E-state index contributed by atoms with van der Waals surface area (Å²) in [6.07, 6.45) is 1.58. The van der Waals surface area contributed by atoms with Crippen molar-refractivity contribution in [3.8, 4) is 0 Å². The lowest BCUT2D eigenvalue weighted by molar-refractivity contribution is -0.132. The summed E-state index contributed by atoms with van der Waals surface area (Å²) in [7, 11) is -3.61. The molecule has 2 aromatic rings. The van der Waals surface area contributed by atoms with Crippen LogP contribution in [0.1, 0.15) is 5.69 Å². The van der Waals surface area contributed by atoms with Crippen molar-refractivity contribution in [1.82, 2.24) is 19.1 Å². The van der Waals surface area contributed by atoms with Gasteiger partial charge in [-0.2, -0.15) is 0 Å². The zero-order valence-corrected chi connectivity index (χ0v) is 15.2. The van der Waals surface area contributed by atoms with Crippen LogP contribution in [0.3, 0.4) is 0 Å². The van der Waals surface area contributed by atoms with E-state index in [1.165, 1.54) is 3.97 Å². The summed E-state index contributed by atoms with van der Waals surface area (Å²) < 4.78 is 27.2. The molecule has 138 valence electrons. The fraction of sp³-hybridized carbons (Fsp3) is 0.389. The van der Waals surface area contributed by atoms with Crippen LogP contribution >= 0.6 is 0 Å². The van der Waals surface area contributed by atoms with Crippen molar-refractivity contribution in [3.63, 3.8) is 0 Å². The molecule has 3 heterocycles. The van der Waals surface area contributed by atoms with Gasteiger partial charge in [-0.1, -0.05) is 18.2 Å². The number of nitrogens with one attached hydrogen (secondary N) is 1. The Hall–Kier alpha value is -2.16. The van der Waals surface area contributed by atoms with Crippen LogP contribution in [0.25, 0.3) is 0 Å². The number of benzene rings is 1. The quantitative estimate of drug-likeness (QED) is 0.836. The lowest BCUT2D eigenvalue weighted by Crippen LogP contribution is -2.63. The minimum absolute atomic E-state index is 0.0632. The van der Waals surface area contributed by atoms with Crippen molar-refractivity contribution in [1.29, 1.82) is 0 Å². The SMILES string of the molecule is O=C1NCCN2CCN(Cc3cccn3S(=O)(=O)c3ccccc3)C[C@@H]12. The third-order valence-electron chi connectivity index (χ3n) is 5.06. The molecule has 1 aromatic heterocycles. The van der Waals surface area contributed by atoms with E-state index in [0.29, 0.717) is 25.3 Å². The zero-order chi connectivity index (χ0) is 18.1. The van der Waals surface area contributed by atoms with E-state index in [4.69, 9.17) is 0 Å². The molecule has 26 heavy (non-hydrogen) atoms. The predicted molar refractivity (Wildman–Crippen MR) is 97.1 cm³/mol. The van der Waals surface area contributed by atoms with Crippen LogP contribution in [0, 0.1) is 0 Å². The van der Waals surface area contributed by atoms with Gasteiger partial charge in [-0.3, -0.25) is 14.6 Å². The zero-order valence-electron chi connectivity index (χ0n) is 14.4. The number of piperazine rings is 2. The Morgan fingerprint density at radius 1 is 1.04 bits per heavy atom. The van der Waals surface area contributed by atoms with Crippen molar-refractivity contribution in [3.05, 3.63) is 54.4 Å². The molecule has 8 heteroatoms. The van der Waals surface area contributed by atoms with E-state index in [1.54, 1.807) is 42.6 Å². The second kappa shape index (κ2) is 6.86. The normalized spacial score (nSPS) is 22.0. The average Bonchev–Trinajstić information content (AvgIpc) is 3.12. The molecule has 1 N–H and O–H groups in total. The molecular formula is C18H22N4O3S. The molecule has 4 rings (SSSR count). The third-order valence-corrected chi connectivity index (χ3v) is 6.80. The van der Waals surface area contributed by atoms with E-state index >= 15 is 0 Å². The van der Waals surface area contributed by atoms with Gasteiger partial charge in [0.25, 0.3) is 10.0 Å².